The molecule has 1 aliphatic carbocycles. The van der Waals surface area contributed by atoms with Gasteiger partial charge in [-0.1, -0.05) is 25.3 Å². The number of halogens is 6. The van der Waals surface area contributed by atoms with Gasteiger partial charge in [0.15, 0.2) is 0 Å². The van der Waals surface area contributed by atoms with Crippen LogP contribution in [0, 0.1) is 0 Å². The van der Waals surface area contributed by atoms with Crippen molar-refractivity contribution in [2.24, 2.45) is 0 Å². The van der Waals surface area contributed by atoms with Crippen LogP contribution in [-0.2, 0) is 32.9 Å². The van der Waals surface area contributed by atoms with Gasteiger partial charge in [-0.25, -0.2) is 9.78 Å². The number of benzene rings is 1. The second kappa shape index (κ2) is 12.2. The van der Waals surface area contributed by atoms with Crippen molar-refractivity contribution >= 4 is 24.5 Å². The van der Waals surface area contributed by atoms with Crippen molar-refractivity contribution < 1.29 is 45.2 Å². The fraction of sp³-hybridized carbons (Fsp3) is 0.625. The van der Waals surface area contributed by atoms with Crippen molar-refractivity contribution in [3.63, 3.8) is 0 Å². The van der Waals surface area contributed by atoms with Crippen LogP contribution in [0.1, 0.15) is 102 Å². The van der Waals surface area contributed by atoms with Crippen LogP contribution in [0.4, 0.5) is 37.0 Å². The van der Waals surface area contributed by atoms with E-state index in [0.29, 0.717) is 35.5 Å². The minimum atomic E-state index is -5.03. The number of carbonyl (C=O) groups excluding carboxylic acids is 1. The molecule has 0 bridgehead atoms. The maximum absolute atomic E-state index is 13.6. The lowest BCUT2D eigenvalue weighted by Crippen LogP contribution is -2.41. The van der Waals surface area contributed by atoms with Gasteiger partial charge in [0.1, 0.15) is 11.9 Å². The van der Waals surface area contributed by atoms with Crippen LogP contribution in [0.3, 0.4) is 0 Å². The molecule has 252 valence electrons. The predicted octanol–water partition coefficient (Wildman–Crippen LogP) is 7.66. The summed E-state index contributed by atoms with van der Waals surface area (Å²) >= 11 is 0. The van der Waals surface area contributed by atoms with Gasteiger partial charge in [-0.05, 0) is 78.1 Å². The van der Waals surface area contributed by atoms with Crippen molar-refractivity contribution in [2.75, 3.05) is 11.4 Å². The number of carbonyl (C=O) groups is 1. The molecule has 1 saturated carbocycles. The number of anilines is 1. The van der Waals surface area contributed by atoms with Crippen molar-refractivity contribution in [2.45, 2.75) is 122 Å². The molecule has 2 atom stereocenters. The Labute approximate surface area is 265 Å². The molecular weight excluding hydrogens is 615 g/mol. The van der Waals surface area contributed by atoms with E-state index in [9.17, 15) is 31.1 Å². The van der Waals surface area contributed by atoms with Crippen LogP contribution < -0.4 is 10.4 Å². The SMILES string of the molecule is CCN(c1ncc(B2OC(C)(C)C(C)(C)O2)cc1CN1C(=O)O[C@H](c2cc(C(F)(F)F)cc(C(F)(F)F)c2)[C@@H]1C)C1CCCCC1. The van der Waals surface area contributed by atoms with Gasteiger partial charge in [0.25, 0.3) is 0 Å². The van der Waals surface area contributed by atoms with Crippen LogP contribution in [-0.4, -0.2) is 52.9 Å². The third-order valence-electron chi connectivity index (χ3n) is 9.79. The van der Waals surface area contributed by atoms with Crippen molar-refractivity contribution in [1.82, 2.24) is 9.88 Å². The quantitative estimate of drug-likeness (QED) is 0.226. The van der Waals surface area contributed by atoms with E-state index in [4.69, 9.17) is 19.0 Å². The Morgan fingerprint density at radius 3 is 2.02 bits per heavy atom. The first-order chi connectivity index (χ1) is 21.3. The fourth-order valence-corrected chi connectivity index (χ4v) is 6.46. The zero-order valence-corrected chi connectivity index (χ0v) is 26.9. The summed E-state index contributed by atoms with van der Waals surface area (Å²) in [5, 5.41) is 0. The Morgan fingerprint density at radius 1 is 0.935 bits per heavy atom. The molecule has 7 nitrogen and oxygen atoms in total. The number of hydrogen-bond acceptors (Lipinski definition) is 6. The summed E-state index contributed by atoms with van der Waals surface area (Å²) < 4.78 is 99.6. The summed E-state index contributed by atoms with van der Waals surface area (Å²) in [5.41, 5.74) is -3.28. The normalized spacial score (nSPS) is 23.6. The number of alkyl halides is 6. The van der Waals surface area contributed by atoms with Crippen LogP contribution in [0.15, 0.2) is 30.5 Å². The van der Waals surface area contributed by atoms with Gasteiger partial charge in [0.05, 0.1) is 34.9 Å². The van der Waals surface area contributed by atoms with E-state index in [2.05, 4.69) is 4.90 Å². The number of nitrogens with zero attached hydrogens (tertiary/aromatic N) is 3. The molecule has 1 aromatic carbocycles. The Balaban J connectivity index is 1.51. The number of ether oxygens (including phenoxy) is 1. The maximum Gasteiger partial charge on any atom is 0.496 e. The summed E-state index contributed by atoms with van der Waals surface area (Å²) in [6, 6.07) is 2.48. The number of rotatable bonds is 7. The molecular formula is C32H40BF6N3O4. The van der Waals surface area contributed by atoms with E-state index in [1.54, 1.807) is 13.1 Å². The van der Waals surface area contributed by atoms with Crippen molar-refractivity contribution in [1.29, 1.82) is 0 Å². The molecule has 1 aromatic heterocycles. The molecule has 2 aliphatic heterocycles. The Morgan fingerprint density at radius 2 is 1.50 bits per heavy atom. The van der Waals surface area contributed by atoms with Crippen molar-refractivity contribution in [3.05, 3.63) is 52.7 Å². The Kier molecular flexibility index (Phi) is 9.13. The molecule has 3 aliphatic rings. The summed E-state index contributed by atoms with van der Waals surface area (Å²) in [4.78, 5) is 21.6. The van der Waals surface area contributed by atoms with Crippen molar-refractivity contribution in [3.8, 4) is 0 Å². The van der Waals surface area contributed by atoms with Gasteiger partial charge < -0.3 is 18.9 Å². The highest BCUT2D eigenvalue weighted by molar-refractivity contribution is 6.62. The van der Waals surface area contributed by atoms with E-state index in [1.165, 1.54) is 4.90 Å². The zero-order valence-electron chi connectivity index (χ0n) is 26.9. The molecule has 46 heavy (non-hydrogen) atoms. The highest BCUT2D eigenvalue weighted by Gasteiger charge is 2.52. The summed E-state index contributed by atoms with van der Waals surface area (Å²) in [7, 11) is -0.739. The highest BCUT2D eigenvalue weighted by atomic mass is 19.4. The molecule has 0 unspecified atom stereocenters. The first-order valence-corrected chi connectivity index (χ1v) is 15.7. The minimum Gasteiger partial charge on any atom is -0.439 e. The van der Waals surface area contributed by atoms with Gasteiger partial charge in [-0.3, -0.25) is 4.90 Å². The van der Waals surface area contributed by atoms with Gasteiger partial charge in [0, 0.05) is 29.8 Å². The van der Waals surface area contributed by atoms with E-state index in [1.807, 2.05) is 40.7 Å². The molecule has 14 heteroatoms. The number of aromatic nitrogens is 1. The average molecular weight is 655 g/mol. The lowest BCUT2D eigenvalue weighted by atomic mass is 9.79. The number of pyridine rings is 1. The van der Waals surface area contributed by atoms with Gasteiger partial charge in [-0.15, -0.1) is 0 Å². The average Bonchev–Trinajstić information content (AvgIpc) is 3.38. The first-order valence-electron chi connectivity index (χ1n) is 15.7. The highest BCUT2D eigenvalue weighted by Crippen LogP contribution is 2.42. The monoisotopic (exact) mass is 655 g/mol. The largest absolute Gasteiger partial charge is 0.496 e. The van der Waals surface area contributed by atoms with Crippen LogP contribution >= 0.6 is 0 Å². The van der Waals surface area contributed by atoms with E-state index < -0.39 is 60.0 Å². The molecule has 3 fully saturated rings. The van der Waals surface area contributed by atoms with Gasteiger partial charge in [-0.2, -0.15) is 26.3 Å². The molecule has 2 saturated heterocycles. The summed E-state index contributed by atoms with van der Waals surface area (Å²) in [6.45, 7) is 11.9. The van der Waals surface area contributed by atoms with Crippen LogP contribution in [0.2, 0.25) is 0 Å². The molecule has 0 radical (unpaired) electrons. The van der Waals surface area contributed by atoms with E-state index >= 15 is 0 Å². The molecule has 1 amide bonds. The molecule has 0 spiro atoms. The number of amides is 1. The maximum atomic E-state index is 13.6. The topological polar surface area (TPSA) is 64.1 Å². The third kappa shape index (κ3) is 6.69. The molecule has 0 N–H and O–H groups in total. The minimum absolute atomic E-state index is 0.0412. The second-order valence-corrected chi connectivity index (χ2v) is 13.4. The fourth-order valence-electron chi connectivity index (χ4n) is 6.46. The van der Waals surface area contributed by atoms with Gasteiger partial charge >= 0.3 is 25.6 Å². The number of cyclic esters (lactones) is 1. The lowest BCUT2D eigenvalue weighted by molar-refractivity contribution is -0.143. The lowest BCUT2D eigenvalue weighted by Gasteiger charge is -2.36. The first kappa shape index (κ1) is 34.3. The Bertz CT molecular complexity index is 1400. The van der Waals surface area contributed by atoms with E-state index in [-0.39, 0.29) is 24.2 Å². The molecule has 3 heterocycles. The second-order valence-electron chi connectivity index (χ2n) is 13.4. The smallest absolute Gasteiger partial charge is 0.439 e. The zero-order chi connectivity index (χ0) is 33.8. The van der Waals surface area contributed by atoms with Gasteiger partial charge in [0.2, 0.25) is 0 Å². The summed E-state index contributed by atoms with van der Waals surface area (Å²) in [5.74, 6) is 0.650. The Hall–Kier alpha value is -3.00. The molecule has 5 rings (SSSR count). The summed E-state index contributed by atoms with van der Waals surface area (Å²) in [6.07, 6.45) is -5.30. The third-order valence-corrected chi connectivity index (χ3v) is 9.79. The standard InChI is InChI=1S/C32H40BF6N3O4/c1-7-41(25-11-9-8-10-12-25)27-21(15-24(17-40-27)33-45-29(3,4)30(5,6)46-33)18-42-19(2)26(44-28(42)43)20-13-22(31(34,35)36)16-23(14-20)32(37,38)39/h13-17,19,25-26H,7-12,18H2,1-6H3/t19-,26-/m0/s1. The van der Waals surface area contributed by atoms with E-state index in [0.717, 1.165) is 32.1 Å². The molecule has 2 aromatic rings. The number of hydrogen-bond donors (Lipinski definition) is 0. The van der Waals surface area contributed by atoms with Crippen LogP contribution in [0.25, 0.3) is 0 Å². The van der Waals surface area contributed by atoms with Crippen LogP contribution in [0.5, 0.6) is 0 Å². The predicted molar refractivity (Wildman–Crippen MR) is 161 cm³/mol.